The molecule has 0 bridgehead atoms. The molecule has 3 rings (SSSR count). The van der Waals surface area contributed by atoms with Crippen LogP contribution in [0.4, 0.5) is 5.69 Å². The zero-order chi connectivity index (χ0) is 15.4. The van der Waals surface area contributed by atoms with Crippen LogP contribution in [0.25, 0.3) is 0 Å². The van der Waals surface area contributed by atoms with Crippen molar-refractivity contribution >= 4 is 11.7 Å². The van der Waals surface area contributed by atoms with Gasteiger partial charge >= 0.3 is 5.97 Å². The highest BCUT2D eigenvalue weighted by Crippen LogP contribution is 2.19. The Morgan fingerprint density at radius 3 is 2.77 bits per heavy atom. The van der Waals surface area contributed by atoms with Crippen molar-refractivity contribution in [3.8, 4) is 0 Å². The summed E-state index contributed by atoms with van der Waals surface area (Å²) in [5.74, 6) is 1.03. The molecule has 2 aromatic rings. The van der Waals surface area contributed by atoms with Gasteiger partial charge in [0.2, 0.25) is 0 Å². The Morgan fingerprint density at radius 1 is 1.18 bits per heavy atom. The average molecular weight is 300 g/mol. The molecular formula is C16H20N4O2. The molecule has 1 aliphatic rings. The third kappa shape index (κ3) is 3.27. The van der Waals surface area contributed by atoms with E-state index in [9.17, 15) is 9.90 Å². The number of fused-ring (bicyclic) bond motifs is 1. The number of anilines is 1. The number of para-hydroxylation sites is 1. The average Bonchev–Trinajstić information content (AvgIpc) is 2.75. The first-order valence-corrected chi connectivity index (χ1v) is 7.67. The monoisotopic (exact) mass is 300 g/mol. The second kappa shape index (κ2) is 6.60. The number of carboxylic acids is 1. The van der Waals surface area contributed by atoms with E-state index >= 15 is 0 Å². The lowest BCUT2D eigenvalue weighted by Gasteiger charge is -2.22. The summed E-state index contributed by atoms with van der Waals surface area (Å²) in [6, 6.07) is 9.58. The number of hydrogen-bond acceptors (Lipinski definition) is 4. The normalized spacial score (nSPS) is 14.2. The summed E-state index contributed by atoms with van der Waals surface area (Å²) >= 11 is 0. The number of rotatable bonds is 5. The largest absolute Gasteiger partial charge is 0.480 e. The van der Waals surface area contributed by atoms with Crippen molar-refractivity contribution in [2.75, 3.05) is 11.4 Å². The Hall–Kier alpha value is -2.37. The lowest BCUT2D eigenvalue weighted by atomic mass is 10.2. The van der Waals surface area contributed by atoms with Gasteiger partial charge in [0, 0.05) is 18.7 Å². The predicted molar refractivity (Wildman–Crippen MR) is 82.7 cm³/mol. The number of aliphatic carboxylic acids is 1. The highest BCUT2D eigenvalue weighted by molar-refractivity contribution is 5.73. The van der Waals surface area contributed by atoms with Gasteiger partial charge in [0.05, 0.1) is 6.54 Å². The minimum Gasteiger partial charge on any atom is -0.480 e. The molecule has 1 aliphatic heterocycles. The molecule has 0 fully saturated rings. The minimum absolute atomic E-state index is 0.0494. The van der Waals surface area contributed by atoms with E-state index in [1.54, 1.807) is 0 Å². The first-order chi connectivity index (χ1) is 10.7. The topological polar surface area (TPSA) is 71.2 Å². The van der Waals surface area contributed by atoms with Crippen molar-refractivity contribution in [2.45, 2.75) is 38.8 Å². The van der Waals surface area contributed by atoms with E-state index < -0.39 is 5.97 Å². The summed E-state index contributed by atoms with van der Waals surface area (Å²) in [6.07, 6.45) is 4.44. The van der Waals surface area contributed by atoms with Crippen LogP contribution >= 0.6 is 0 Å². The van der Waals surface area contributed by atoms with Crippen LogP contribution in [0.2, 0.25) is 0 Å². The number of hydrogen-bond donors (Lipinski definition) is 1. The third-order valence-corrected chi connectivity index (χ3v) is 3.97. The number of benzene rings is 1. The van der Waals surface area contributed by atoms with Gasteiger partial charge in [0.15, 0.2) is 5.82 Å². The number of carbonyl (C=O) groups is 1. The first-order valence-electron chi connectivity index (χ1n) is 7.67. The fourth-order valence-electron chi connectivity index (χ4n) is 2.87. The van der Waals surface area contributed by atoms with Crippen LogP contribution in [-0.4, -0.2) is 32.4 Å². The van der Waals surface area contributed by atoms with Crippen LogP contribution in [0.1, 0.15) is 30.9 Å². The summed E-state index contributed by atoms with van der Waals surface area (Å²) in [5.41, 5.74) is 0.885. The standard InChI is InChI=1S/C16H20N4O2/c21-16(22)12-19(13-7-3-1-4-8-13)11-15-18-17-14-9-5-2-6-10-20(14)15/h1,3-4,7-8H,2,5-6,9-12H2,(H,21,22). The molecule has 1 aromatic heterocycles. The molecule has 0 spiro atoms. The zero-order valence-electron chi connectivity index (χ0n) is 12.5. The lowest BCUT2D eigenvalue weighted by Crippen LogP contribution is -2.30. The van der Waals surface area contributed by atoms with Gasteiger partial charge in [-0.3, -0.25) is 4.79 Å². The molecule has 6 heteroatoms. The molecular weight excluding hydrogens is 280 g/mol. The van der Waals surface area contributed by atoms with Crippen LogP contribution < -0.4 is 4.90 Å². The Bertz CT molecular complexity index is 639. The molecule has 0 amide bonds. The zero-order valence-corrected chi connectivity index (χ0v) is 12.5. The van der Waals surface area contributed by atoms with E-state index in [-0.39, 0.29) is 6.54 Å². The van der Waals surface area contributed by atoms with Crippen LogP contribution in [0.15, 0.2) is 30.3 Å². The molecule has 0 saturated heterocycles. The second-order valence-corrected chi connectivity index (χ2v) is 5.58. The molecule has 2 heterocycles. The molecule has 6 nitrogen and oxygen atoms in total. The highest BCUT2D eigenvalue weighted by atomic mass is 16.4. The first kappa shape index (κ1) is 14.6. The minimum atomic E-state index is -0.848. The van der Waals surface area contributed by atoms with Gasteiger partial charge in [-0.05, 0) is 25.0 Å². The maximum atomic E-state index is 11.2. The predicted octanol–water partition coefficient (Wildman–Crippen LogP) is 2.10. The van der Waals surface area contributed by atoms with Crippen molar-refractivity contribution in [3.63, 3.8) is 0 Å². The van der Waals surface area contributed by atoms with Crippen LogP contribution in [0.5, 0.6) is 0 Å². The van der Waals surface area contributed by atoms with Crippen molar-refractivity contribution < 1.29 is 9.90 Å². The van der Waals surface area contributed by atoms with E-state index in [1.165, 1.54) is 6.42 Å². The molecule has 1 aromatic carbocycles. The van der Waals surface area contributed by atoms with E-state index in [4.69, 9.17) is 0 Å². The van der Waals surface area contributed by atoms with Crippen LogP contribution in [0, 0.1) is 0 Å². The molecule has 1 N–H and O–H groups in total. The Labute approximate surface area is 129 Å². The fourth-order valence-corrected chi connectivity index (χ4v) is 2.87. The Morgan fingerprint density at radius 2 is 2.00 bits per heavy atom. The van der Waals surface area contributed by atoms with Crippen molar-refractivity contribution in [2.24, 2.45) is 0 Å². The SMILES string of the molecule is O=C(O)CN(Cc1nnc2n1CCCCC2)c1ccccc1. The molecule has 116 valence electrons. The maximum absolute atomic E-state index is 11.2. The molecule has 0 saturated carbocycles. The van der Waals surface area contributed by atoms with Gasteiger partial charge in [-0.15, -0.1) is 10.2 Å². The molecule has 0 radical (unpaired) electrons. The summed E-state index contributed by atoms with van der Waals surface area (Å²) < 4.78 is 2.16. The maximum Gasteiger partial charge on any atom is 0.323 e. The number of nitrogens with zero attached hydrogens (tertiary/aromatic N) is 4. The molecule has 22 heavy (non-hydrogen) atoms. The highest BCUT2D eigenvalue weighted by Gasteiger charge is 2.18. The van der Waals surface area contributed by atoms with E-state index in [2.05, 4.69) is 14.8 Å². The van der Waals surface area contributed by atoms with Gasteiger partial charge in [0.1, 0.15) is 12.4 Å². The summed E-state index contributed by atoms with van der Waals surface area (Å²) in [7, 11) is 0. The van der Waals surface area contributed by atoms with Gasteiger partial charge in [-0.25, -0.2) is 0 Å². The van der Waals surface area contributed by atoms with Gasteiger partial charge < -0.3 is 14.6 Å². The lowest BCUT2D eigenvalue weighted by molar-refractivity contribution is -0.135. The Balaban J connectivity index is 1.84. The van der Waals surface area contributed by atoms with Crippen molar-refractivity contribution in [1.82, 2.24) is 14.8 Å². The summed E-state index contributed by atoms with van der Waals surface area (Å²) in [4.78, 5) is 13.0. The molecule has 0 aliphatic carbocycles. The van der Waals surface area contributed by atoms with Gasteiger partial charge in [-0.1, -0.05) is 24.6 Å². The smallest absolute Gasteiger partial charge is 0.323 e. The van der Waals surface area contributed by atoms with E-state index in [0.29, 0.717) is 6.54 Å². The number of carboxylic acid groups (broad SMARTS) is 1. The van der Waals surface area contributed by atoms with E-state index in [0.717, 1.165) is 43.1 Å². The summed E-state index contributed by atoms with van der Waals surface area (Å²) in [6.45, 7) is 1.34. The summed E-state index contributed by atoms with van der Waals surface area (Å²) in [5, 5.41) is 17.7. The second-order valence-electron chi connectivity index (χ2n) is 5.58. The number of aryl methyl sites for hydroxylation is 1. The quantitative estimate of drug-likeness (QED) is 0.915. The van der Waals surface area contributed by atoms with Crippen molar-refractivity contribution in [1.29, 1.82) is 0 Å². The van der Waals surface area contributed by atoms with Crippen molar-refractivity contribution in [3.05, 3.63) is 42.0 Å². The van der Waals surface area contributed by atoms with Crippen LogP contribution in [-0.2, 0) is 24.3 Å². The van der Waals surface area contributed by atoms with Crippen LogP contribution in [0.3, 0.4) is 0 Å². The van der Waals surface area contributed by atoms with Gasteiger partial charge in [-0.2, -0.15) is 0 Å². The molecule has 0 atom stereocenters. The Kier molecular flexibility index (Phi) is 4.37. The van der Waals surface area contributed by atoms with Gasteiger partial charge in [0.25, 0.3) is 0 Å². The van der Waals surface area contributed by atoms with E-state index in [1.807, 2.05) is 35.2 Å². The number of aromatic nitrogens is 3. The molecule has 0 unspecified atom stereocenters. The third-order valence-electron chi connectivity index (χ3n) is 3.97. The fraction of sp³-hybridized carbons (Fsp3) is 0.438.